The van der Waals surface area contributed by atoms with E-state index in [1.54, 1.807) is 26.4 Å². The summed E-state index contributed by atoms with van der Waals surface area (Å²) in [5.41, 5.74) is 6.78. The number of Topliss-reactive ketones (excluding diaryl/α,β-unsaturated/α-hetero) is 1. The molecule has 2 N–H and O–H groups in total. The number of nitrogens with two attached hydrogens (primary N) is 1. The van der Waals surface area contributed by atoms with E-state index in [4.69, 9.17) is 15.2 Å². The fourth-order valence-corrected chi connectivity index (χ4v) is 1.86. The Bertz CT molecular complexity index is 464. The fourth-order valence-electron chi connectivity index (χ4n) is 1.86. The van der Waals surface area contributed by atoms with Crippen molar-refractivity contribution >= 4 is 5.78 Å². The second-order valence-corrected chi connectivity index (χ2v) is 4.51. The molecule has 0 bridgehead atoms. The number of hydrogen-bond acceptors (Lipinski definition) is 4. The summed E-state index contributed by atoms with van der Waals surface area (Å²) >= 11 is 0. The number of ketones is 1. The molecule has 0 spiro atoms. The number of rotatable bonds is 4. The SMILES string of the molecule is COc1cc(C)c(C(=O)C2(N)CC2)cc1OC. The van der Waals surface area contributed by atoms with Crippen LogP contribution >= 0.6 is 0 Å². The number of ether oxygens (including phenoxy) is 2. The number of carbonyl (C=O) groups excluding carboxylic acids is 1. The molecule has 4 heteroatoms. The molecular formula is C13H17NO3. The van der Waals surface area contributed by atoms with Gasteiger partial charge in [0.15, 0.2) is 17.3 Å². The Morgan fingerprint density at radius 1 is 1.24 bits per heavy atom. The Morgan fingerprint density at radius 3 is 2.24 bits per heavy atom. The number of methoxy groups -OCH3 is 2. The van der Waals surface area contributed by atoms with Crippen molar-refractivity contribution in [3.63, 3.8) is 0 Å². The summed E-state index contributed by atoms with van der Waals surface area (Å²) in [6.07, 6.45) is 1.53. The average Bonchev–Trinajstić information content (AvgIpc) is 3.07. The minimum atomic E-state index is -0.648. The molecule has 0 aliphatic heterocycles. The highest BCUT2D eigenvalue weighted by atomic mass is 16.5. The van der Waals surface area contributed by atoms with Gasteiger partial charge in [0, 0.05) is 5.56 Å². The molecule has 0 saturated heterocycles. The Kier molecular flexibility index (Phi) is 2.83. The lowest BCUT2D eigenvalue weighted by Crippen LogP contribution is -2.33. The van der Waals surface area contributed by atoms with Crippen LogP contribution in [0, 0.1) is 6.92 Å². The van der Waals surface area contributed by atoms with E-state index in [9.17, 15) is 4.79 Å². The van der Waals surface area contributed by atoms with Crippen molar-refractivity contribution in [3.8, 4) is 11.5 Å². The van der Waals surface area contributed by atoms with Crippen molar-refractivity contribution in [1.82, 2.24) is 0 Å². The van der Waals surface area contributed by atoms with Gasteiger partial charge in [-0.05, 0) is 37.5 Å². The molecule has 17 heavy (non-hydrogen) atoms. The van der Waals surface area contributed by atoms with Gasteiger partial charge < -0.3 is 15.2 Å². The maximum atomic E-state index is 12.2. The number of aryl methyl sites for hydroxylation is 1. The minimum absolute atomic E-state index is 0.00375. The van der Waals surface area contributed by atoms with Gasteiger partial charge in [-0.15, -0.1) is 0 Å². The summed E-state index contributed by atoms with van der Waals surface area (Å²) in [5, 5.41) is 0. The average molecular weight is 235 g/mol. The lowest BCUT2D eigenvalue weighted by Gasteiger charge is -2.14. The van der Waals surface area contributed by atoms with Crippen LogP contribution in [0.25, 0.3) is 0 Å². The molecule has 1 fully saturated rings. The van der Waals surface area contributed by atoms with Crippen LogP contribution < -0.4 is 15.2 Å². The lowest BCUT2D eigenvalue weighted by atomic mass is 9.98. The molecule has 1 aliphatic rings. The lowest BCUT2D eigenvalue weighted by molar-refractivity contribution is 0.0948. The van der Waals surface area contributed by atoms with Gasteiger partial charge in [0.25, 0.3) is 0 Å². The summed E-state index contributed by atoms with van der Waals surface area (Å²) in [4.78, 5) is 12.2. The van der Waals surface area contributed by atoms with Gasteiger partial charge in [-0.2, -0.15) is 0 Å². The predicted octanol–water partition coefficient (Wildman–Crippen LogP) is 1.69. The van der Waals surface area contributed by atoms with Gasteiger partial charge in [0.05, 0.1) is 19.8 Å². The first-order valence-electron chi connectivity index (χ1n) is 5.58. The molecule has 1 aliphatic carbocycles. The normalized spacial score (nSPS) is 16.5. The summed E-state index contributed by atoms with van der Waals surface area (Å²) in [7, 11) is 3.13. The topological polar surface area (TPSA) is 61.5 Å². The van der Waals surface area contributed by atoms with Crippen molar-refractivity contribution in [1.29, 1.82) is 0 Å². The molecule has 0 heterocycles. The summed E-state index contributed by atoms with van der Waals surface area (Å²) < 4.78 is 10.4. The predicted molar refractivity (Wildman–Crippen MR) is 64.8 cm³/mol. The third-order valence-corrected chi connectivity index (χ3v) is 3.22. The van der Waals surface area contributed by atoms with Crippen molar-refractivity contribution in [3.05, 3.63) is 23.3 Å². The van der Waals surface area contributed by atoms with E-state index in [0.717, 1.165) is 18.4 Å². The van der Waals surface area contributed by atoms with Gasteiger partial charge >= 0.3 is 0 Å². The zero-order chi connectivity index (χ0) is 12.6. The Labute approximate surface area is 101 Å². The van der Waals surface area contributed by atoms with Crippen LogP contribution in [0.5, 0.6) is 11.5 Å². The van der Waals surface area contributed by atoms with Crippen LogP contribution in [0.1, 0.15) is 28.8 Å². The second-order valence-electron chi connectivity index (χ2n) is 4.51. The van der Waals surface area contributed by atoms with Gasteiger partial charge in [-0.1, -0.05) is 0 Å². The third-order valence-electron chi connectivity index (χ3n) is 3.22. The van der Waals surface area contributed by atoms with Crippen molar-refractivity contribution < 1.29 is 14.3 Å². The number of hydrogen-bond donors (Lipinski definition) is 1. The Morgan fingerprint density at radius 2 is 1.76 bits per heavy atom. The van der Waals surface area contributed by atoms with E-state index in [-0.39, 0.29) is 5.78 Å². The van der Waals surface area contributed by atoms with Crippen LogP contribution in [-0.4, -0.2) is 25.5 Å². The molecular weight excluding hydrogens is 218 g/mol. The van der Waals surface area contributed by atoms with E-state index in [2.05, 4.69) is 0 Å². The maximum absolute atomic E-state index is 12.2. The number of carbonyl (C=O) groups is 1. The fraction of sp³-hybridized carbons (Fsp3) is 0.462. The summed E-state index contributed by atoms with van der Waals surface area (Å²) in [6.45, 7) is 1.88. The van der Waals surface area contributed by atoms with Crippen LogP contribution in [0.3, 0.4) is 0 Å². The molecule has 4 nitrogen and oxygen atoms in total. The summed E-state index contributed by atoms with van der Waals surface area (Å²) in [6, 6.07) is 3.52. The highest BCUT2D eigenvalue weighted by Crippen LogP contribution is 2.38. The van der Waals surface area contributed by atoms with Gasteiger partial charge in [0.1, 0.15) is 0 Å². The molecule has 1 aromatic carbocycles. The Balaban J connectivity index is 2.44. The van der Waals surface area contributed by atoms with Gasteiger partial charge in [-0.3, -0.25) is 4.79 Å². The first kappa shape index (κ1) is 11.9. The van der Waals surface area contributed by atoms with Crippen LogP contribution in [0.2, 0.25) is 0 Å². The van der Waals surface area contributed by atoms with E-state index in [0.29, 0.717) is 17.1 Å². The first-order chi connectivity index (χ1) is 8.01. The van der Waals surface area contributed by atoms with Crippen LogP contribution in [0.4, 0.5) is 0 Å². The molecule has 0 atom stereocenters. The molecule has 0 unspecified atom stereocenters. The minimum Gasteiger partial charge on any atom is -0.493 e. The van der Waals surface area contributed by atoms with E-state index in [1.165, 1.54) is 0 Å². The molecule has 2 rings (SSSR count). The third kappa shape index (κ3) is 2.00. The van der Waals surface area contributed by atoms with E-state index in [1.807, 2.05) is 6.92 Å². The largest absolute Gasteiger partial charge is 0.493 e. The smallest absolute Gasteiger partial charge is 0.183 e. The standard InChI is InChI=1S/C13H17NO3/c1-8-6-10(16-2)11(17-3)7-9(8)12(15)13(14)4-5-13/h6-7H,4-5,14H2,1-3H3. The van der Waals surface area contributed by atoms with E-state index < -0.39 is 5.54 Å². The first-order valence-corrected chi connectivity index (χ1v) is 5.58. The molecule has 1 aromatic rings. The highest BCUT2D eigenvalue weighted by molar-refractivity contribution is 6.06. The molecule has 0 amide bonds. The zero-order valence-electron chi connectivity index (χ0n) is 10.4. The Hall–Kier alpha value is -1.55. The van der Waals surface area contributed by atoms with Crippen LogP contribution in [-0.2, 0) is 0 Å². The number of benzene rings is 1. The molecule has 0 aromatic heterocycles. The maximum Gasteiger partial charge on any atom is 0.183 e. The molecule has 0 radical (unpaired) electrons. The van der Waals surface area contributed by atoms with Crippen molar-refractivity contribution in [2.45, 2.75) is 25.3 Å². The zero-order valence-corrected chi connectivity index (χ0v) is 10.4. The molecule has 92 valence electrons. The van der Waals surface area contributed by atoms with Crippen molar-refractivity contribution in [2.75, 3.05) is 14.2 Å². The summed E-state index contributed by atoms with van der Waals surface area (Å²) in [5.74, 6) is 1.19. The second kappa shape index (κ2) is 4.04. The highest BCUT2D eigenvalue weighted by Gasteiger charge is 2.46. The monoisotopic (exact) mass is 235 g/mol. The van der Waals surface area contributed by atoms with Crippen molar-refractivity contribution in [2.24, 2.45) is 5.73 Å². The van der Waals surface area contributed by atoms with Gasteiger partial charge in [-0.25, -0.2) is 0 Å². The van der Waals surface area contributed by atoms with Crippen LogP contribution in [0.15, 0.2) is 12.1 Å². The molecule has 1 saturated carbocycles. The van der Waals surface area contributed by atoms with Gasteiger partial charge in [0.2, 0.25) is 0 Å². The quantitative estimate of drug-likeness (QED) is 0.807. The van der Waals surface area contributed by atoms with E-state index >= 15 is 0 Å².